The molecule has 0 spiro atoms. The third-order valence-electron chi connectivity index (χ3n) is 5.73. The minimum Gasteiger partial charge on any atom is -0.303 e. The van der Waals surface area contributed by atoms with Crippen LogP contribution in [0.1, 0.15) is 54.4 Å². The van der Waals surface area contributed by atoms with Crippen LogP contribution in [0.4, 0.5) is 0 Å². The predicted molar refractivity (Wildman–Crippen MR) is 120 cm³/mol. The Morgan fingerprint density at radius 2 is 1.39 bits per heavy atom. The van der Waals surface area contributed by atoms with Gasteiger partial charge in [-0.25, -0.2) is 0 Å². The standard InChI is InChI=1S/C25H26N2.ClH/c26-16-6-1-7-17-27-18-14-22(15-19-27)25-23-10-4-2-8-20(23)12-13-21-9-3-5-11-24(21)25;/h2-5,8-13H,1,6-7,14-15,17-19H2;1H. The van der Waals surface area contributed by atoms with Gasteiger partial charge in [0.05, 0.1) is 6.07 Å². The van der Waals surface area contributed by atoms with Crippen LogP contribution in [0, 0.1) is 11.3 Å². The summed E-state index contributed by atoms with van der Waals surface area (Å²) in [5, 5.41) is 8.69. The highest BCUT2D eigenvalue weighted by Gasteiger charge is 2.22. The zero-order valence-electron chi connectivity index (χ0n) is 16.2. The van der Waals surface area contributed by atoms with Gasteiger partial charge in [-0.05, 0) is 60.1 Å². The van der Waals surface area contributed by atoms with E-state index in [2.05, 4.69) is 71.7 Å². The van der Waals surface area contributed by atoms with E-state index in [1.54, 1.807) is 5.57 Å². The van der Waals surface area contributed by atoms with Gasteiger partial charge in [0.15, 0.2) is 0 Å². The van der Waals surface area contributed by atoms with Crippen molar-refractivity contribution < 1.29 is 0 Å². The van der Waals surface area contributed by atoms with Crippen molar-refractivity contribution in [3.05, 3.63) is 76.4 Å². The number of halogens is 1. The summed E-state index contributed by atoms with van der Waals surface area (Å²) in [6, 6.07) is 19.8. The maximum absolute atomic E-state index is 8.69. The van der Waals surface area contributed by atoms with Crippen molar-refractivity contribution in [1.82, 2.24) is 4.90 Å². The lowest BCUT2D eigenvalue weighted by Crippen LogP contribution is -2.32. The van der Waals surface area contributed by atoms with Gasteiger partial charge in [-0.15, -0.1) is 12.4 Å². The number of nitrogens with zero attached hydrogens (tertiary/aromatic N) is 2. The zero-order chi connectivity index (χ0) is 18.5. The molecule has 0 unspecified atom stereocenters. The van der Waals surface area contributed by atoms with E-state index in [4.69, 9.17) is 5.26 Å². The number of nitriles is 1. The first-order valence-electron chi connectivity index (χ1n) is 10.0. The van der Waals surface area contributed by atoms with Crippen LogP contribution in [0.5, 0.6) is 0 Å². The molecule has 0 N–H and O–H groups in total. The quantitative estimate of drug-likeness (QED) is 0.497. The fourth-order valence-electron chi connectivity index (χ4n) is 4.28. The van der Waals surface area contributed by atoms with Crippen molar-refractivity contribution in [2.45, 2.75) is 32.1 Å². The number of unbranched alkanes of at least 4 members (excludes halogenated alkanes) is 2. The molecule has 1 heterocycles. The Morgan fingerprint density at radius 3 is 1.96 bits per heavy atom. The molecule has 0 atom stereocenters. The van der Waals surface area contributed by atoms with Crippen LogP contribution < -0.4 is 0 Å². The topological polar surface area (TPSA) is 27.0 Å². The van der Waals surface area contributed by atoms with Crippen molar-refractivity contribution in [2.24, 2.45) is 0 Å². The number of fused-ring (bicyclic) bond motifs is 2. The van der Waals surface area contributed by atoms with E-state index in [1.165, 1.54) is 27.8 Å². The molecular weight excluding hydrogens is 364 g/mol. The van der Waals surface area contributed by atoms with E-state index in [0.29, 0.717) is 6.42 Å². The summed E-state index contributed by atoms with van der Waals surface area (Å²) in [5.41, 5.74) is 8.42. The molecular formula is C25H27ClN2. The van der Waals surface area contributed by atoms with Gasteiger partial charge < -0.3 is 4.90 Å². The first kappa shape index (κ1) is 20.4. The molecule has 0 radical (unpaired) electrons. The van der Waals surface area contributed by atoms with Crippen molar-refractivity contribution in [3.8, 4) is 6.07 Å². The van der Waals surface area contributed by atoms with E-state index >= 15 is 0 Å². The van der Waals surface area contributed by atoms with E-state index in [-0.39, 0.29) is 12.4 Å². The third kappa shape index (κ3) is 4.38. The fourth-order valence-corrected chi connectivity index (χ4v) is 4.28. The molecule has 3 heteroatoms. The summed E-state index contributed by atoms with van der Waals surface area (Å²) in [6.07, 6.45) is 9.62. The van der Waals surface area contributed by atoms with Gasteiger partial charge in [-0.2, -0.15) is 5.26 Å². The Bertz CT molecular complexity index is 859. The second kappa shape index (κ2) is 9.73. The van der Waals surface area contributed by atoms with E-state index in [9.17, 15) is 0 Å². The van der Waals surface area contributed by atoms with Crippen LogP contribution in [0.15, 0.2) is 54.1 Å². The van der Waals surface area contributed by atoms with Crippen LogP contribution in [0.25, 0.3) is 17.7 Å². The predicted octanol–water partition coefficient (Wildman–Crippen LogP) is 6.18. The molecule has 0 bridgehead atoms. The summed E-state index contributed by atoms with van der Waals surface area (Å²) < 4.78 is 0. The summed E-state index contributed by atoms with van der Waals surface area (Å²) in [7, 11) is 0. The Hall–Kier alpha value is -2.34. The molecule has 2 aromatic rings. The molecule has 2 nitrogen and oxygen atoms in total. The van der Waals surface area contributed by atoms with Crippen molar-refractivity contribution >= 4 is 30.1 Å². The molecule has 0 saturated carbocycles. The van der Waals surface area contributed by atoms with Crippen LogP contribution in [-0.4, -0.2) is 24.5 Å². The van der Waals surface area contributed by atoms with E-state index in [1.807, 2.05) is 0 Å². The lowest BCUT2D eigenvalue weighted by atomic mass is 9.86. The van der Waals surface area contributed by atoms with Crippen molar-refractivity contribution in [1.29, 1.82) is 5.26 Å². The second-order valence-corrected chi connectivity index (χ2v) is 7.44. The van der Waals surface area contributed by atoms with Crippen molar-refractivity contribution in [2.75, 3.05) is 19.6 Å². The first-order valence-corrected chi connectivity index (χ1v) is 10.0. The number of benzene rings is 2. The van der Waals surface area contributed by atoms with Crippen LogP contribution >= 0.6 is 12.4 Å². The highest BCUT2D eigenvalue weighted by molar-refractivity contribution is 5.94. The van der Waals surface area contributed by atoms with Crippen LogP contribution in [-0.2, 0) is 0 Å². The SMILES string of the molecule is Cl.N#CCCCCN1CCC(=C2c3ccccc3C=Cc3ccccc32)CC1. The molecule has 144 valence electrons. The molecule has 1 aliphatic heterocycles. The van der Waals surface area contributed by atoms with Gasteiger partial charge in [0.25, 0.3) is 0 Å². The Kier molecular flexibility index (Phi) is 7.09. The van der Waals surface area contributed by atoms with Gasteiger partial charge in [0.2, 0.25) is 0 Å². The Balaban J connectivity index is 0.00000225. The lowest BCUT2D eigenvalue weighted by Gasteiger charge is -2.30. The normalized spacial score (nSPS) is 15.8. The van der Waals surface area contributed by atoms with Crippen molar-refractivity contribution in [3.63, 3.8) is 0 Å². The summed E-state index contributed by atoms with van der Waals surface area (Å²) >= 11 is 0. The maximum Gasteiger partial charge on any atom is 0.0621 e. The molecule has 1 aliphatic carbocycles. The second-order valence-electron chi connectivity index (χ2n) is 7.44. The van der Waals surface area contributed by atoms with Gasteiger partial charge in [-0.3, -0.25) is 0 Å². The molecule has 0 aromatic heterocycles. The molecule has 1 fully saturated rings. The highest BCUT2D eigenvalue weighted by atomic mass is 35.5. The summed E-state index contributed by atoms with van der Waals surface area (Å²) in [4.78, 5) is 2.56. The molecule has 4 rings (SSSR count). The number of hydrogen-bond donors (Lipinski definition) is 0. The molecule has 1 saturated heterocycles. The van der Waals surface area contributed by atoms with Gasteiger partial charge in [0.1, 0.15) is 0 Å². The molecule has 2 aliphatic rings. The highest BCUT2D eigenvalue weighted by Crippen LogP contribution is 2.38. The third-order valence-corrected chi connectivity index (χ3v) is 5.73. The number of hydrogen-bond acceptors (Lipinski definition) is 2. The van der Waals surface area contributed by atoms with E-state index in [0.717, 1.165) is 45.3 Å². The number of rotatable bonds is 4. The monoisotopic (exact) mass is 390 g/mol. The minimum atomic E-state index is 0. The maximum atomic E-state index is 8.69. The molecule has 0 amide bonds. The average molecular weight is 391 g/mol. The molecule has 28 heavy (non-hydrogen) atoms. The summed E-state index contributed by atoms with van der Waals surface area (Å²) in [5.74, 6) is 0. The molecule has 2 aromatic carbocycles. The largest absolute Gasteiger partial charge is 0.303 e. The average Bonchev–Trinajstić information content (AvgIpc) is 2.89. The van der Waals surface area contributed by atoms with Crippen LogP contribution in [0.3, 0.4) is 0 Å². The first-order chi connectivity index (χ1) is 13.4. The fraction of sp³-hybridized carbons (Fsp3) is 0.320. The zero-order valence-corrected chi connectivity index (χ0v) is 17.0. The number of likely N-dealkylation sites (tertiary alicyclic amines) is 1. The Labute approximate surface area is 174 Å². The van der Waals surface area contributed by atoms with Crippen LogP contribution in [0.2, 0.25) is 0 Å². The van der Waals surface area contributed by atoms with Gasteiger partial charge in [0, 0.05) is 19.5 Å². The van der Waals surface area contributed by atoms with E-state index < -0.39 is 0 Å². The smallest absolute Gasteiger partial charge is 0.0621 e. The lowest BCUT2D eigenvalue weighted by molar-refractivity contribution is 0.252. The minimum absolute atomic E-state index is 0. The Morgan fingerprint density at radius 1 is 0.821 bits per heavy atom. The number of piperidine rings is 1. The summed E-state index contributed by atoms with van der Waals surface area (Å²) in [6.45, 7) is 3.38. The van der Waals surface area contributed by atoms with Gasteiger partial charge in [-0.1, -0.05) is 66.3 Å². The van der Waals surface area contributed by atoms with Gasteiger partial charge >= 0.3 is 0 Å².